The predicted octanol–water partition coefficient (Wildman–Crippen LogP) is 2.98. The summed E-state index contributed by atoms with van der Waals surface area (Å²) in [7, 11) is 0. The van der Waals surface area contributed by atoms with Gasteiger partial charge in [-0.2, -0.15) is 0 Å². The maximum Gasteiger partial charge on any atom is 0.250 e. The molecule has 0 saturated carbocycles. The van der Waals surface area contributed by atoms with Gasteiger partial charge in [0.05, 0.1) is 5.56 Å². The van der Waals surface area contributed by atoms with Gasteiger partial charge in [0.25, 0.3) is 0 Å². The van der Waals surface area contributed by atoms with E-state index in [4.69, 9.17) is 11.6 Å². The van der Waals surface area contributed by atoms with Gasteiger partial charge in [-0.15, -0.1) is 0 Å². The third-order valence-electron chi connectivity index (χ3n) is 4.11. The second-order valence-electron chi connectivity index (χ2n) is 5.43. The fourth-order valence-electron chi connectivity index (χ4n) is 2.97. The van der Waals surface area contributed by atoms with Crippen LogP contribution in [0.4, 0.5) is 5.69 Å². The van der Waals surface area contributed by atoms with Crippen LogP contribution >= 0.6 is 11.6 Å². The Labute approximate surface area is 122 Å². The van der Waals surface area contributed by atoms with E-state index in [1.54, 1.807) is 24.3 Å². The molecule has 1 fully saturated rings. The van der Waals surface area contributed by atoms with Crippen LogP contribution in [0.1, 0.15) is 26.2 Å². The number of rotatable bonds is 2. The molecule has 1 heterocycles. The zero-order valence-corrected chi connectivity index (χ0v) is 12.1. The van der Waals surface area contributed by atoms with Gasteiger partial charge in [0.15, 0.2) is 0 Å². The van der Waals surface area contributed by atoms with Crippen molar-refractivity contribution in [1.82, 2.24) is 0 Å². The van der Waals surface area contributed by atoms with Gasteiger partial charge in [-0.05, 0) is 43.9 Å². The number of anilines is 1. The maximum atomic E-state index is 12.0. The van der Waals surface area contributed by atoms with Gasteiger partial charge < -0.3 is 4.90 Å². The summed E-state index contributed by atoms with van der Waals surface area (Å²) in [5.41, 5.74) is 1.22. The third kappa shape index (κ3) is 2.06. The molecule has 104 valence electrons. The summed E-state index contributed by atoms with van der Waals surface area (Å²) >= 11 is 5.87. The highest BCUT2D eigenvalue weighted by Crippen LogP contribution is 2.31. The van der Waals surface area contributed by atoms with Crippen LogP contribution in [-0.4, -0.2) is 12.6 Å². The van der Waals surface area contributed by atoms with E-state index >= 15 is 0 Å². The lowest BCUT2D eigenvalue weighted by atomic mass is 9.94. The van der Waals surface area contributed by atoms with Gasteiger partial charge in [0.1, 0.15) is 5.69 Å². The fraction of sp³-hybridized carbons (Fsp3) is 0.375. The summed E-state index contributed by atoms with van der Waals surface area (Å²) in [5, 5.41) is 0.625. The Morgan fingerprint density at radius 2 is 1.80 bits per heavy atom. The topological polar surface area (TPSA) is 37.4 Å². The van der Waals surface area contributed by atoms with Crippen LogP contribution in [0.5, 0.6) is 0 Å². The number of hydrogen-bond acceptors (Lipinski definition) is 3. The summed E-state index contributed by atoms with van der Waals surface area (Å²) in [6.45, 7) is 2.97. The van der Waals surface area contributed by atoms with E-state index in [2.05, 4.69) is 11.8 Å². The van der Waals surface area contributed by atoms with E-state index in [1.165, 1.54) is 6.42 Å². The first-order valence-corrected chi connectivity index (χ1v) is 7.33. The van der Waals surface area contributed by atoms with Crippen LogP contribution in [0, 0.1) is 0 Å². The molecule has 3 rings (SSSR count). The van der Waals surface area contributed by atoms with Gasteiger partial charge in [0, 0.05) is 17.6 Å². The number of piperidine rings is 1. The van der Waals surface area contributed by atoms with Crippen LogP contribution in [0.3, 0.4) is 0 Å². The van der Waals surface area contributed by atoms with Crippen molar-refractivity contribution in [1.29, 1.82) is 0 Å². The molecule has 3 nitrogen and oxygen atoms in total. The smallest absolute Gasteiger partial charge is 0.250 e. The van der Waals surface area contributed by atoms with Crippen LogP contribution in [0.15, 0.2) is 33.9 Å². The van der Waals surface area contributed by atoms with E-state index in [1.807, 2.05) is 0 Å². The molecule has 2 aromatic carbocycles. The fourth-order valence-corrected chi connectivity index (χ4v) is 3.09. The standard InChI is InChI=1S/C16H16ClNO2/c1-10-4-2-3-9-18(10)14-13(15(19)16(14)20)11-5-7-12(17)8-6-11/h5-8,10H,2-4,9H2,1H3. The van der Waals surface area contributed by atoms with Crippen molar-refractivity contribution >= 4 is 17.3 Å². The largest absolute Gasteiger partial charge is 0.365 e. The molecular weight excluding hydrogens is 274 g/mol. The molecule has 1 aliphatic rings. The minimum Gasteiger partial charge on any atom is -0.365 e. The summed E-state index contributed by atoms with van der Waals surface area (Å²) in [6.07, 6.45) is 3.32. The quantitative estimate of drug-likeness (QED) is 0.798. The van der Waals surface area contributed by atoms with Crippen molar-refractivity contribution in [2.45, 2.75) is 32.2 Å². The summed E-state index contributed by atoms with van der Waals surface area (Å²) in [4.78, 5) is 26.0. The first-order valence-electron chi connectivity index (χ1n) is 6.95. The van der Waals surface area contributed by atoms with Gasteiger partial charge in [-0.3, -0.25) is 9.59 Å². The Hall–Kier alpha value is -1.61. The molecule has 1 atom stereocenters. The van der Waals surface area contributed by atoms with Crippen LogP contribution in [-0.2, 0) is 0 Å². The summed E-state index contributed by atoms with van der Waals surface area (Å²) in [5.74, 6) is 0. The SMILES string of the molecule is CC1CCCCN1c1c(-c2ccc(Cl)cc2)c(=O)c1=O. The van der Waals surface area contributed by atoms with E-state index < -0.39 is 0 Å². The number of benzene rings is 1. The summed E-state index contributed by atoms with van der Waals surface area (Å²) in [6, 6.07) is 7.42. The van der Waals surface area contributed by atoms with Gasteiger partial charge in [-0.25, -0.2) is 0 Å². The zero-order valence-electron chi connectivity index (χ0n) is 11.4. The second-order valence-corrected chi connectivity index (χ2v) is 5.86. The molecule has 0 aromatic heterocycles. The van der Waals surface area contributed by atoms with Crippen molar-refractivity contribution in [3.8, 4) is 11.1 Å². The molecule has 2 aromatic rings. The van der Waals surface area contributed by atoms with Crippen molar-refractivity contribution in [3.63, 3.8) is 0 Å². The van der Waals surface area contributed by atoms with E-state index in [-0.39, 0.29) is 10.9 Å². The molecule has 4 heteroatoms. The molecule has 0 bridgehead atoms. The normalized spacial score (nSPS) is 19.5. The van der Waals surface area contributed by atoms with Crippen LogP contribution in [0.25, 0.3) is 11.1 Å². The summed E-state index contributed by atoms with van der Waals surface area (Å²) < 4.78 is 0. The number of hydrogen-bond donors (Lipinski definition) is 0. The van der Waals surface area contributed by atoms with Crippen molar-refractivity contribution in [2.75, 3.05) is 11.4 Å². The molecule has 0 spiro atoms. The maximum absolute atomic E-state index is 12.0. The average molecular weight is 290 g/mol. The van der Waals surface area contributed by atoms with Gasteiger partial charge in [-0.1, -0.05) is 23.7 Å². The van der Waals surface area contributed by atoms with Crippen molar-refractivity contribution in [3.05, 3.63) is 49.7 Å². The molecule has 1 unspecified atom stereocenters. The molecule has 0 amide bonds. The molecule has 1 saturated heterocycles. The van der Waals surface area contributed by atoms with E-state index in [9.17, 15) is 9.59 Å². The van der Waals surface area contributed by atoms with Gasteiger partial charge in [0.2, 0.25) is 10.9 Å². The highest BCUT2D eigenvalue weighted by Gasteiger charge is 2.30. The molecule has 20 heavy (non-hydrogen) atoms. The van der Waals surface area contributed by atoms with Crippen molar-refractivity contribution in [2.24, 2.45) is 0 Å². The molecular formula is C16H16ClNO2. The minimum absolute atomic E-state index is 0.318. The Balaban J connectivity index is 2.05. The predicted molar refractivity (Wildman–Crippen MR) is 82.5 cm³/mol. The Morgan fingerprint density at radius 3 is 2.45 bits per heavy atom. The Bertz CT molecular complexity index is 698. The Kier molecular flexibility index (Phi) is 3.38. The molecule has 0 aliphatic carbocycles. The second kappa shape index (κ2) is 5.06. The van der Waals surface area contributed by atoms with Gasteiger partial charge >= 0.3 is 0 Å². The van der Waals surface area contributed by atoms with Crippen LogP contribution in [0.2, 0.25) is 5.02 Å². The highest BCUT2D eigenvalue weighted by molar-refractivity contribution is 6.30. The van der Waals surface area contributed by atoms with Crippen molar-refractivity contribution < 1.29 is 0 Å². The monoisotopic (exact) mass is 289 g/mol. The zero-order chi connectivity index (χ0) is 14.3. The minimum atomic E-state index is -0.375. The molecule has 1 aliphatic heterocycles. The number of halogens is 1. The van der Waals surface area contributed by atoms with Crippen LogP contribution < -0.4 is 15.8 Å². The first-order chi connectivity index (χ1) is 9.59. The third-order valence-corrected chi connectivity index (χ3v) is 4.36. The Morgan fingerprint density at radius 1 is 1.10 bits per heavy atom. The molecule has 0 N–H and O–H groups in total. The van der Waals surface area contributed by atoms with E-state index in [0.29, 0.717) is 22.3 Å². The lowest BCUT2D eigenvalue weighted by Gasteiger charge is -2.36. The lowest BCUT2D eigenvalue weighted by Crippen LogP contribution is -2.47. The molecule has 0 radical (unpaired) electrons. The van der Waals surface area contributed by atoms with E-state index in [0.717, 1.165) is 24.9 Å². The first kappa shape index (κ1) is 13.4. The number of nitrogens with zero attached hydrogens (tertiary/aromatic N) is 1. The lowest BCUT2D eigenvalue weighted by molar-refractivity contribution is 0.483. The average Bonchev–Trinajstić information content (AvgIpc) is 2.46. The highest BCUT2D eigenvalue weighted by atomic mass is 35.5.